The second kappa shape index (κ2) is 5.94. The summed E-state index contributed by atoms with van der Waals surface area (Å²) in [6.07, 6.45) is 0. The Labute approximate surface area is 135 Å². The first-order chi connectivity index (χ1) is 9.73. The minimum atomic E-state index is -4.10. The number of halogens is 2. The maximum absolute atomic E-state index is 12.3. The fourth-order valence-electron chi connectivity index (χ4n) is 1.54. The van der Waals surface area contributed by atoms with Crippen molar-refractivity contribution in [3.63, 3.8) is 0 Å². The molecule has 21 heavy (non-hydrogen) atoms. The van der Waals surface area contributed by atoms with Gasteiger partial charge in [0.1, 0.15) is 4.21 Å². The largest absolute Gasteiger partial charge is 0.289 e. The van der Waals surface area contributed by atoms with E-state index in [0.29, 0.717) is 5.02 Å². The number of rotatable bonds is 3. The summed E-state index contributed by atoms with van der Waals surface area (Å²) in [6.45, 7) is 1.75. The van der Waals surface area contributed by atoms with Crippen LogP contribution in [0.2, 0.25) is 10.0 Å². The Morgan fingerprint density at radius 3 is 2.43 bits per heavy atom. The van der Waals surface area contributed by atoms with Crippen LogP contribution in [0.3, 0.4) is 0 Å². The van der Waals surface area contributed by atoms with E-state index in [9.17, 15) is 13.2 Å². The Morgan fingerprint density at radius 1 is 1.24 bits per heavy atom. The van der Waals surface area contributed by atoms with Crippen LogP contribution in [-0.2, 0) is 10.0 Å². The van der Waals surface area contributed by atoms with Gasteiger partial charge in [-0.05, 0) is 37.3 Å². The molecule has 1 heterocycles. The van der Waals surface area contributed by atoms with Gasteiger partial charge in [-0.2, -0.15) is 12.8 Å². The Balaban J connectivity index is 2.39. The minimum Gasteiger partial charge on any atom is -0.266 e. The highest BCUT2D eigenvalue weighted by molar-refractivity contribution is 7.91. The van der Waals surface area contributed by atoms with Gasteiger partial charge < -0.3 is 0 Å². The number of hydrogen-bond acceptors (Lipinski definition) is 5. The van der Waals surface area contributed by atoms with E-state index in [1.54, 1.807) is 13.0 Å². The molecule has 0 unspecified atom stereocenters. The number of amides is 1. The van der Waals surface area contributed by atoms with Crippen molar-refractivity contribution in [1.29, 1.82) is 0 Å². The van der Waals surface area contributed by atoms with Gasteiger partial charge in [0.05, 0.1) is 10.6 Å². The molecule has 0 saturated carbocycles. The highest BCUT2D eigenvalue weighted by atomic mass is 35.5. The average Bonchev–Trinajstić information content (AvgIpc) is 2.84. The zero-order chi connectivity index (χ0) is 15.8. The fraction of sp³-hybridized carbons (Fsp3) is 0.0833. The van der Waals surface area contributed by atoms with Crippen molar-refractivity contribution in [2.45, 2.75) is 11.1 Å². The van der Waals surface area contributed by atoms with Crippen LogP contribution in [0, 0.1) is 6.92 Å². The lowest BCUT2D eigenvalue weighted by atomic mass is 10.2. The van der Waals surface area contributed by atoms with Crippen LogP contribution in [0.25, 0.3) is 0 Å². The zero-order valence-corrected chi connectivity index (χ0v) is 13.9. The van der Waals surface area contributed by atoms with Crippen molar-refractivity contribution in [3.05, 3.63) is 50.8 Å². The molecule has 0 bridgehead atoms. The molecule has 0 atom stereocenters. The Hall–Kier alpha value is -1.12. The highest BCUT2D eigenvalue weighted by Crippen LogP contribution is 2.26. The van der Waals surface area contributed by atoms with Gasteiger partial charge in [-0.1, -0.05) is 23.2 Å². The third-order valence-corrected chi connectivity index (χ3v) is 6.14. The molecule has 2 rings (SSSR count). The summed E-state index contributed by atoms with van der Waals surface area (Å²) >= 11 is 12.6. The molecule has 5 nitrogen and oxygen atoms in total. The number of aryl methyl sites for hydroxylation is 1. The van der Waals surface area contributed by atoms with E-state index in [1.807, 2.05) is 0 Å². The van der Waals surface area contributed by atoms with E-state index >= 15 is 0 Å². The molecular formula is C12H10Cl2N2O3S2. The van der Waals surface area contributed by atoms with Crippen LogP contribution in [0.15, 0.2) is 34.5 Å². The first-order valence-corrected chi connectivity index (χ1v) is 8.60. The molecule has 0 fully saturated rings. The molecule has 0 aliphatic rings. The van der Waals surface area contributed by atoms with E-state index in [0.717, 1.165) is 16.2 Å². The number of nitrogens with zero attached hydrogens (tertiary/aromatic N) is 1. The monoisotopic (exact) mass is 364 g/mol. The average molecular weight is 365 g/mol. The molecule has 1 amide bonds. The van der Waals surface area contributed by atoms with Crippen molar-refractivity contribution < 1.29 is 13.2 Å². The quantitative estimate of drug-likeness (QED) is 0.515. The number of benzene rings is 1. The number of carbonyl (C=O) groups excluding carboxylic acids is 1. The Kier molecular flexibility index (Phi) is 4.60. The number of hydrazine groups is 1. The number of thiophene rings is 1. The molecule has 9 heteroatoms. The predicted octanol–water partition coefficient (Wildman–Crippen LogP) is 3.07. The molecule has 0 spiro atoms. The third kappa shape index (κ3) is 3.22. The fourth-order valence-corrected chi connectivity index (χ4v) is 4.42. The second-order valence-electron chi connectivity index (χ2n) is 4.10. The van der Waals surface area contributed by atoms with E-state index in [4.69, 9.17) is 29.0 Å². The van der Waals surface area contributed by atoms with Gasteiger partial charge in [0.2, 0.25) is 0 Å². The molecule has 0 saturated heterocycles. The molecule has 112 valence electrons. The first-order valence-electron chi connectivity index (χ1n) is 5.59. The number of carbonyl (C=O) groups is 1. The first kappa shape index (κ1) is 16.3. The van der Waals surface area contributed by atoms with Crippen molar-refractivity contribution in [2.75, 3.05) is 0 Å². The second-order valence-corrected chi connectivity index (χ2v) is 8.27. The van der Waals surface area contributed by atoms with Gasteiger partial charge in [0.25, 0.3) is 15.9 Å². The van der Waals surface area contributed by atoms with Gasteiger partial charge in [0, 0.05) is 9.90 Å². The van der Waals surface area contributed by atoms with Crippen molar-refractivity contribution in [2.24, 2.45) is 5.84 Å². The van der Waals surface area contributed by atoms with E-state index in [2.05, 4.69) is 0 Å². The van der Waals surface area contributed by atoms with Gasteiger partial charge >= 0.3 is 0 Å². The Morgan fingerprint density at radius 2 is 1.90 bits per heavy atom. The summed E-state index contributed by atoms with van der Waals surface area (Å²) in [6, 6.07) is 7.11. The minimum absolute atomic E-state index is 0.0130. The normalized spacial score (nSPS) is 11.4. The highest BCUT2D eigenvalue weighted by Gasteiger charge is 2.29. The van der Waals surface area contributed by atoms with Crippen LogP contribution in [0.5, 0.6) is 0 Å². The zero-order valence-electron chi connectivity index (χ0n) is 10.7. The lowest BCUT2D eigenvalue weighted by Crippen LogP contribution is -2.42. The number of sulfonamides is 1. The smallest absolute Gasteiger partial charge is 0.266 e. The summed E-state index contributed by atoms with van der Waals surface area (Å²) in [5, 5.41) is 0.359. The van der Waals surface area contributed by atoms with Crippen molar-refractivity contribution in [1.82, 2.24) is 4.41 Å². The van der Waals surface area contributed by atoms with E-state index in [1.165, 1.54) is 24.3 Å². The predicted molar refractivity (Wildman–Crippen MR) is 83.1 cm³/mol. The lowest BCUT2D eigenvalue weighted by molar-refractivity contribution is 0.0862. The van der Waals surface area contributed by atoms with E-state index in [-0.39, 0.29) is 19.2 Å². The van der Waals surface area contributed by atoms with Crippen LogP contribution in [0.4, 0.5) is 0 Å². The number of nitrogens with two attached hydrogens (primary N) is 1. The molecule has 0 aliphatic carbocycles. The van der Waals surface area contributed by atoms with Crippen LogP contribution in [0.1, 0.15) is 15.2 Å². The summed E-state index contributed by atoms with van der Waals surface area (Å²) in [7, 11) is -4.10. The van der Waals surface area contributed by atoms with Crippen molar-refractivity contribution >= 4 is 50.5 Å². The van der Waals surface area contributed by atoms with Crippen LogP contribution < -0.4 is 5.84 Å². The summed E-state index contributed by atoms with van der Waals surface area (Å²) < 4.78 is 24.7. The van der Waals surface area contributed by atoms with Gasteiger partial charge in [-0.25, -0.2) is 5.84 Å². The topological polar surface area (TPSA) is 80.5 Å². The summed E-state index contributed by atoms with van der Waals surface area (Å²) in [4.78, 5) is 13.0. The summed E-state index contributed by atoms with van der Waals surface area (Å²) in [5.41, 5.74) is -0.0413. The lowest BCUT2D eigenvalue weighted by Gasteiger charge is -2.16. The SMILES string of the molecule is Cc1ccc(S(=O)(=O)N(N)C(=O)c2ccc(Cl)cc2Cl)s1. The van der Waals surface area contributed by atoms with Crippen LogP contribution in [-0.4, -0.2) is 18.7 Å². The maximum Gasteiger partial charge on any atom is 0.289 e. The Bertz CT molecular complexity index is 803. The van der Waals surface area contributed by atoms with Gasteiger partial charge in [-0.15, -0.1) is 11.3 Å². The van der Waals surface area contributed by atoms with Gasteiger partial charge in [-0.3, -0.25) is 4.79 Å². The molecule has 2 N–H and O–H groups in total. The molecule has 0 aliphatic heterocycles. The molecule has 0 radical (unpaired) electrons. The number of hydrogen-bond donors (Lipinski definition) is 1. The molecular weight excluding hydrogens is 355 g/mol. The molecule has 1 aromatic carbocycles. The molecule has 2 aromatic rings. The standard InChI is InChI=1S/C12H10Cl2N2O3S2/c1-7-2-5-11(20-7)21(18,19)16(15)12(17)9-4-3-8(13)6-10(9)14/h2-6H,15H2,1H3. The van der Waals surface area contributed by atoms with E-state index < -0.39 is 15.9 Å². The maximum atomic E-state index is 12.3. The van der Waals surface area contributed by atoms with Crippen molar-refractivity contribution in [3.8, 4) is 0 Å². The third-order valence-electron chi connectivity index (χ3n) is 2.59. The van der Waals surface area contributed by atoms with Crippen LogP contribution >= 0.6 is 34.5 Å². The summed E-state index contributed by atoms with van der Waals surface area (Å²) in [5.74, 6) is 4.56. The van der Waals surface area contributed by atoms with Gasteiger partial charge in [0.15, 0.2) is 0 Å². The molecule has 1 aromatic heterocycles.